The minimum Gasteiger partial charge on any atom is -0.299 e. The van der Waals surface area contributed by atoms with Crippen molar-refractivity contribution in [2.45, 2.75) is 19.8 Å². The van der Waals surface area contributed by atoms with Gasteiger partial charge in [0.15, 0.2) is 0 Å². The van der Waals surface area contributed by atoms with Crippen LogP contribution in [0.25, 0.3) is 0 Å². The number of carbonyl (C=O) groups is 1. The second-order valence-corrected chi connectivity index (χ2v) is 2.19. The van der Waals surface area contributed by atoms with E-state index in [-0.39, 0.29) is 0 Å². The monoisotopic (exact) mass is 240 g/mol. The molecule has 0 bridgehead atoms. The molecule has 1 nitrogen and oxygen atoms in total. The summed E-state index contributed by atoms with van der Waals surface area (Å²) in [6, 6.07) is 0. The summed E-state index contributed by atoms with van der Waals surface area (Å²) >= 11 is 2.09. The van der Waals surface area contributed by atoms with E-state index in [0.29, 0.717) is 10.2 Å². The number of halogens is 1. The zero-order valence-electron chi connectivity index (χ0n) is 5.82. The maximum Gasteiger partial charge on any atom is 0.142 e. The molecule has 0 aromatic carbocycles. The first-order valence-corrected chi connectivity index (χ1v) is 4.41. The van der Waals surface area contributed by atoms with E-state index in [2.05, 4.69) is 35.7 Å². The Balaban J connectivity index is 0. The molecule has 0 radical (unpaired) electrons. The largest absolute Gasteiger partial charge is 0.299 e. The molecule has 0 fully saturated rings. The molecule has 0 aromatic heterocycles. The van der Waals surface area contributed by atoms with Crippen molar-refractivity contribution in [2.24, 2.45) is 0 Å². The van der Waals surface area contributed by atoms with Gasteiger partial charge >= 0.3 is 0 Å². The first kappa shape index (κ1) is 11.9. The molecule has 0 aliphatic heterocycles. The van der Waals surface area contributed by atoms with E-state index in [1.807, 2.05) is 6.92 Å². The molecule has 54 valence electrons. The Kier molecular flexibility index (Phi) is 14.5. The van der Waals surface area contributed by atoms with Crippen molar-refractivity contribution < 1.29 is 4.79 Å². The molecule has 0 atom stereocenters. The van der Waals surface area contributed by atoms with E-state index in [4.69, 9.17) is 0 Å². The molecular formula is C7H13IO. The zero-order valence-corrected chi connectivity index (χ0v) is 7.98. The van der Waals surface area contributed by atoms with Crippen molar-refractivity contribution in [2.75, 3.05) is 4.43 Å². The van der Waals surface area contributed by atoms with E-state index in [1.165, 1.54) is 0 Å². The van der Waals surface area contributed by atoms with Gasteiger partial charge in [0.25, 0.3) is 0 Å². The number of carbonyl (C=O) groups excluding carboxylic acids is 1. The Bertz CT molecular complexity index is 71.3. The average molecular weight is 240 g/mol. The molecule has 0 aliphatic rings. The Morgan fingerprint density at radius 1 is 1.56 bits per heavy atom. The van der Waals surface area contributed by atoms with Crippen LogP contribution in [0.5, 0.6) is 0 Å². The summed E-state index contributed by atoms with van der Waals surface area (Å²) in [6.45, 7) is 8.02. The minimum atomic E-state index is 0.364. The Hall–Kier alpha value is 0.140. The van der Waals surface area contributed by atoms with Crippen LogP contribution in [0.1, 0.15) is 19.8 Å². The third-order valence-corrected chi connectivity index (χ3v) is 1.53. The van der Waals surface area contributed by atoms with E-state index < -0.39 is 0 Å². The standard InChI is InChI=1S/C5H9IO.C2H4/c1-2-3-5(7)4-6;1-2/h2-4H2,1H3;1-2H2. The average Bonchev–Trinajstić information content (AvgIpc) is 1.93. The second-order valence-electron chi connectivity index (χ2n) is 1.42. The SMILES string of the molecule is C=C.CCCC(=O)CI. The third-order valence-electron chi connectivity index (χ3n) is 0.678. The van der Waals surface area contributed by atoms with Crippen LogP contribution >= 0.6 is 22.6 Å². The summed E-state index contributed by atoms with van der Waals surface area (Å²) in [6.07, 6.45) is 1.74. The van der Waals surface area contributed by atoms with Gasteiger partial charge in [-0.25, -0.2) is 0 Å². The lowest BCUT2D eigenvalue weighted by molar-refractivity contribution is -0.116. The first-order chi connectivity index (χ1) is 4.31. The maximum atomic E-state index is 10.4. The van der Waals surface area contributed by atoms with Gasteiger partial charge in [-0.05, 0) is 6.42 Å². The normalized spacial score (nSPS) is 7.33. The summed E-state index contributed by atoms with van der Waals surface area (Å²) in [5.41, 5.74) is 0. The fourth-order valence-corrected chi connectivity index (χ4v) is 0.727. The lowest BCUT2D eigenvalue weighted by Gasteiger charge is -1.86. The highest BCUT2D eigenvalue weighted by molar-refractivity contribution is 14.1. The van der Waals surface area contributed by atoms with Crippen molar-refractivity contribution in [3.8, 4) is 0 Å². The Labute approximate surface area is 70.7 Å². The van der Waals surface area contributed by atoms with Gasteiger partial charge in [-0.3, -0.25) is 4.79 Å². The predicted octanol–water partition coefficient (Wildman–Crippen LogP) is 2.59. The molecule has 0 saturated heterocycles. The van der Waals surface area contributed by atoms with Gasteiger partial charge in [-0.2, -0.15) is 0 Å². The molecule has 0 heterocycles. The van der Waals surface area contributed by atoms with Gasteiger partial charge in [0.1, 0.15) is 5.78 Å². The van der Waals surface area contributed by atoms with E-state index >= 15 is 0 Å². The number of rotatable bonds is 3. The molecule has 0 N–H and O–H groups in total. The molecule has 9 heavy (non-hydrogen) atoms. The second kappa shape index (κ2) is 11.0. The number of Topliss-reactive ketones (excluding diaryl/α,β-unsaturated/α-hetero) is 1. The quantitative estimate of drug-likeness (QED) is 0.421. The van der Waals surface area contributed by atoms with Crippen LogP contribution < -0.4 is 0 Å². The molecule has 2 heteroatoms. The summed E-state index contributed by atoms with van der Waals surface area (Å²) in [5.74, 6) is 0.364. The van der Waals surface area contributed by atoms with Gasteiger partial charge in [-0.15, -0.1) is 13.2 Å². The van der Waals surface area contributed by atoms with Crippen molar-refractivity contribution in [3.63, 3.8) is 0 Å². The van der Waals surface area contributed by atoms with Gasteiger partial charge in [-0.1, -0.05) is 29.5 Å². The summed E-state index contributed by atoms with van der Waals surface area (Å²) in [7, 11) is 0. The zero-order chi connectivity index (χ0) is 7.70. The maximum absolute atomic E-state index is 10.4. The van der Waals surface area contributed by atoms with Crippen LogP contribution in [0.3, 0.4) is 0 Å². The predicted molar refractivity (Wildman–Crippen MR) is 50.1 cm³/mol. The van der Waals surface area contributed by atoms with E-state index in [0.717, 1.165) is 12.8 Å². The Morgan fingerprint density at radius 3 is 2.11 bits per heavy atom. The highest BCUT2D eigenvalue weighted by Crippen LogP contribution is 1.91. The summed E-state index contributed by atoms with van der Waals surface area (Å²) < 4.78 is 0.672. The molecular weight excluding hydrogens is 227 g/mol. The minimum absolute atomic E-state index is 0.364. The fraction of sp³-hybridized carbons (Fsp3) is 0.571. The molecule has 0 aliphatic carbocycles. The number of ketones is 1. The summed E-state index contributed by atoms with van der Waals surface area (Å²) in [5, 5.41) is 0. The highest BCUT2D eigenvalue weighted by atomic mass is 127. The lowest BCUT2D eigenvalue weighted by Crippen LogP contribution is -1.95. The molecule has 0 saturated carbocycles. The van der Waals surface area contributed by atoms with Crippen LogP contribution in [0.2, 0.25) is 0 Å². The number of hydrogen-bond donors (Lipinski definition) is 0. The van der Waals surface area contributed by atoms with E-state index in [1.54, 1.807) is 0 Å². The summed E-state index contributed by atoms with van der Waals surface area (Å²) in [4.78, 5) is 10.4. The number of alkyl halides is 1. The fourth-order valence-electron chi connectivity index (χ4n) is 0.346. The molecule has 0 amide bonds. The van der Waals surface area contributed by atoms with Crippen molar-refractivity contribution in [1.29, 1.82) is 0 Å². The Morgan fingerprint density at radius 2 is 2.00 bits per heavy atom. The van der Waals surface area contributed by atoms with Crippen molar-refractivity contribution >= 4 is 28.4 Å². The van der Waals surface area contributed by atoms with Gasteiger partial charge < -0.3 is 0 Å². The molecule has 0 aromatic rings. The van der Waals surface area contributed by atoms with Gasteiger partial charge in [0.2, 0.25) is 0 Å². The van der Waals surface area contributed by atoms with Crippen molar-refractivity contribution in [3.05, 3.63) is 13.2 Å². The first-order valence-electron chi connectivity index (χ1n) is 2.89. The van der Waals surface area contributed by atoms with Crippen LogP contribution in [0.15, 0.2) is 13.2 Å². The smallest absolute Gasteiger partial charge is 0.142 e. The van der Waals surface area contributed by atoms with Gasteiger partial charge in [0, 0.05) is 6.42 Å². The van der Waals surface area contributed by atoms with Crippen LogP contribution in [0, 0.1) is 0 Å². The topological polar surface area (TPSA) is 17.1 Å². The van der Waals surface area contributed by atoms with Gasteiger partial charge in [0.05, 0.1) is 4.43 Å². The van der Waals surface area contributed by atoms with Crippen molar-refractivity contribution in [1.82, 2.24) is 0 Å². The third kappa shape index (κ3) is 11.6. The van der Waals surface area contributed by atoms with Crippen LogP contribution in [-0.2, 0) is 4.79 Å². The van der Waals surface area contributed by atoms with Crippen LogP contribution in [-0.4, -0.2) is 10.2 Å². The molecule has 0 spiro atoms. The highest BCUT2D eigenvalue weighted by Gasteiger charge is 1.92. The lowest BCUT2D eigenvalue weighted by atomic mass is 10.3. The molecule has 0 unspecified atom stereocenters. The number of hydrogen-bond acceptors (Lipinski definition) is 1. The molecule has 0 rings (SSSR count). The van der Waals surface area contributed by atoms with Crippen LogP contribution in [0.4, 0.5) is 0 Å². The van der Waals surface area contributed by atoms with E-state index in [9.17, 15) is 4.79 Å².